The van der Waals surface area contributed by atoms with E-state index in [1.807, 2.05) is 29.6 Å². The highest BCUT2D eigenvalue weighted by atomic mass is 32.1. The fourth-order valence-corrected chi connectivity index (χ4v) is 3.80. The zero-order valence-electron chi connectivity index (χ0n) is 16.0. The van der Waals surface area contributed by atoms with Gasteiger partial charge in [-0.1, -0.05) is 19.1 Å². The van der Waals surface area contributed by atoms with Gasteiger partial charge >= 0.3 is 0 Å². The lowest BCUT2D eigenvalue weighted by Crippen LogP contribution is -2.51. The molecule has 2 aromatic rings. The Bertz CT molecular complexity index is 810. The van der Waals surface area contributed by atoms with Crippen LogP contribution >= 0.6 is 11.3 Å². The van der Waals surface area contributed by atoms with Crippen LogP contribution in [0.3, 0.4) is 0 Å². The van der Waals surface area contributed by atoms with Gasteiger partial charge in [0.05, 0.1) is 0 Å². The molecule has 2 heterocycles. The smallest absolute Gasteiger partial charge is 0.253 e. The maximum absolute atomic E-state index is 12.6. The van der Waals surface area contributed by atoms with E-state index in [1.54, 1.807) is 21.2 Å². The van der Waals surface area contributed by atoms with Crippen molar-refractivity contribution in [3.05, 3.63) is 57.8 Å². The van der Waals surface area contributed by atoms with E-state index in [4.69, 9.17) is 0 Å². The Hall–Kier alpha value is -2.67. The van der Waals surface area contributed by atoms with Crippen LogP contribution in [0.15, 0.2) is 41.1 Å². The second kappa shape index (κ2) is 9.50. The molecule has 3 rings (SSSR count). The van der Waals surface area contributed by atoms with Crippen LogP contribution in [-0.2, 0) is 11.2 Å². The Morgan fingerprint density at radius 2 is 1.64 bits per heavy atom. The fourth-order valence-electron chi connectivity index (χ4n) is 3.16. The Balaban J connectivity index is 1.42. The van der Waals surface area contributed by atoms with E-state index in [0.29, 0.717) is 43.9 Å². The van der Waals surface area contributed by atoms with E-state index in [-0.39, 0.29) is 24.1 Å². The molecule has 0 bridgehead atoms. The summed E-state index contributed by atoms with van der Waals surface area (Å²) in [5, 5.41) is 6.40. The number of piperazine rings is 1. The van der Waals surface area contributed by atoms with Crippen molar-refractivity contribution < 1.29 is 14.4 Å². The maximum Gasteiger partial charge on any atom is 0.253 e. The van der Waals surface area contributed by atoms with Gasteiger partial charge in [-0.05, 0) is 35.6 Å². The molecule has 0 atom stereocenters. The molecule has 0 saturated carbocycles. The summed E-state index contributed by atoms with van der Waals surface area (Å²) in [5.74, 6) is -0.138. The van der Waals surface area contributed by atoms with Crippen molar-refractivity contribution in [3.63, 3.8) is 0 Å². The van der Waals surface area contributed by atoms with Crippen LogP contribution in [0, 0.1) is 0 Å². The summed E-state index contributed by atoms with van der Waals surface area (Å²) in [6, 6.07) is 9.46. The van der Waals surface area contributed by atoms with Crippen LogP contribution in [0.2, 0.25) is 0 Å². The van der Waals surface area contributed by atoms with Crippen LogP contribution in [0.1, 0.15) is 39.6 Å². The van der Waals surface area contributed by atoms with Crippen LogP contribution in [0.5, 0.6) is 0 Å². The van der Waals surface area contributed by atoms with E-state index in [9.17, 15) is 14.4 Å². The Labute approximate surface area is 169 Å². The highest BCUT2D eigenvalue weighted by Crippen LogP contribution is 2.12. The third-order valence-electron chi connectivity index (χ3n) is 4.94. The number of thiophene rings is 1. The number of hydrogen-bond acceptors (Lipinski definition) is 4. The van der Waals surface area contributed by atoms with Gasteiger partial charge in [0.2, 0.25) is 5.91 Å². The lowest BCUT2D eigenvalue weighted by molar-refractivity contribution is -0.132. The molecule has 1 aliphatic heterocycles. The third-order valence-corrected chi connectivity index (χ3v) is 5.62. The van der Waals surface area contributed by atoms with Crippen molar-refractivity contribution >= 4 is 29.1 Å². The topological polar surface area (TPSA) is 69.7 Å². The predicted molar refractivity (Wildman–Crippen MR) is 110 cm³/mol. The molecule has 1 aromatic heterocycles. The van der Waals surface area contributed by atoms with E-state index < -0.39 is 0 Å². The monoisotopic (exact) mass is 399 g/mol. The number of nitrogens with one attached hydrogen (secondary N) is 1. The third kappa shape index (κ3) is 4.98. The van der Waals surface area contributed by atoms with Gasteiger partial charge in [-0.3, -0.25) is 14.4 Å². The molecule has 1 N–H and O–H groups in total. The number of nitrogens with zero attached hydrogens (tertiary/aromatic N) is 2. The van der Waals surface area contributed by atoms with Gasteiger partial charge in [-0.15, -0.1) is 0 Å². The van der Waals surface area contributed by atoms with Crippen LogP contribution in [0.4, 0.5) is 0 Å². The number of carbonyl (C=O) groups excluding carboxylic acids is 3. The SMILES string of the molecule is CCc1ccc(C(=O)N2CCN(C(=O)CCNC(=O)c3ccsc3)CC2)cc1. The summed E-state index contributed by atoms with van der Waals surface area (Å²) in [6.45, 7) is 4.51. The van der Waals surface area contributed by atoms with Gasteiger partial charge in [-0.25, -0.2) is 0 Å². The normalized spacial score (nSPS) is 14.0. The number of carbonyl (C=O) groups is 3. The van der Waals surface area contributed by atoms with Crippen molar-refractivity contribution in [1.82, 2.24) is 15.1 Å². The molecule has 7 heteroatoms. The maximum atomic E-state index is 12.6. The Morgan fingerprint density at radius 1 is 0.964 bits per heavy atom. The lowest BCUT2D eigenvalue weighted by atomic mass is 10.1. The zero-order valence-corrected chi connectivity index (χ0v) is 16.8. The van der Waals surface area contributed by atoms with E-state index in [0.717, 1.165) is 6.42 Å². The van der Waals surface area contributed by atoms with Crippen molar-refractivity contribution in [2.24, 2.45) is 0 Å². The number of rotatable bonds is 6. The van der Waals surface area contributed by atoms with Gasteiger partial charge in [-0.2, -0.15) is 11.3 Å². The largest absolute Gasteiger partial charge is 0.351 e. The minimum absolute atomic E-state index is 0.00464. The van der Waals surface area contributed by atoms with E-state index in [2.05, 4.69) is 12.2 Å². The number of benzene rings is 1. The second-order valence-electron chi connectivity index (χ2n) is 6.74. The molecule has 1 saturated heterocycles. The fraction of sp³-hybridized carbons (Fsp3) is 0.381. The van der Waals surface area contributed by atoms with Gasteiger partial charge in [0.25, 0.3) is 11.8 Å². The summed E-state index contributed by atoms with van der Waals surface area (Å²) in [5.41, 5.74) is 2.52. The van der Waals surface area contributed by atoms with E-state index in [1.165, 1.54) is 16.9 Å². The Kier molecular flexibility index (Phi) is 6.81. The summed E-state index contributed by atoms with van der Waals surface area (Å²) < 4.78 is 0. The van der Waals surface area contributed by atoms with Crippen LogP contribution in [0.25, 0.3) is 0 Å². The predicted octanol–water partition coefficient (Wildman–Crippen LogP) is 2.42. The molecular formula is C21H25N3O3S. The van der Waals surface area contributed by atoms with Gasteiger partial charge in [0.15, 0.2) is 0 Å². The number of hydrogen-bond donors (Lipinski definition) is 1. The van der Waals surface area contributed by atoms with Gasteiger partial charge in [0, 0.05) is 55.7 Å². The number of aryl methyl sites for hydroxylation is 1. The average molecular weight is 400 g/mol. The molecule has 0 unspecified atom stereocenters. The minimum atomic E-state index is -0.154. The number of amides is 3. The van der Waals surface area contributed by atoms with Crippen molar-refractivity contribution in [2.45, 2.75) is 19.8 Å². The first-order valence-corrected chi connectivity index (χ1v) is 10.5. The van der Waals surface area contributed by atoms with Crippen LogP contribution < -0.4 is 5.32 Å². The first-order valence-electron chi connectivity index (χ1n) is 9.55. The molecule has 28 heavy (non-hydrogen) atoms. The van der Waals surface area contributed by atoms with Crippen LogP contribution in [-0.4, -0.2) is 60.2 Å². The molecular weight excluding hydrogens is 374 g/mol. The summed E-state index contributed by atoms with van der Waals surface area (Å²) in [6.07, 6.45) is 1.21. The first kappa shape index (κ1) is 20.1. The van der Waals surface area contributed by atoms with Gasteiger partial charge in [0.1, 0.15) is 0 Å². The van der Waals surface area contributed by atoms with Gasteiger partial charge < -0.3 is 15.1 Å². The molecule has 6 nitrogen and oxygen atoms in total. The molecule has 0 radical (unpaired) electrons. The first-order chi connectivity index (χ1) is 13.6. The molecule has 1 fully saturated rings. The Morgan fingerprint density at radius 3 is 2.25 bits per heavy atom. The average Bonchev–Trinajstić information content (AvgIpc) is 3.28. The molecule has 0 spiro atoms. The summed E-state index contributed by atoms with van der Waals surface area (Å²) >= 11 is 1.46. The summed E-state index contributed by atoms with van der Waals surface area (Å²) in [7, 11) is 0. The van der Waals surface area contributed by atoms with E-state index >= 15 is 0 Å². The van der Waals surface area contributed by atoms with Crippen molar-refractivity contribution in [3.8, 4) is 0 Å². The quantitative estimate of drug-likeness (QED) is 0.811. The second-order valence-corrected chi connectivity index (χ2v) is 7.52. The molecule has 0 aliphatic carbocycles. The summed E-state index contributed by atoms with van der Waals surface area (Å²) in [4.78, 5) is 40.4. The molecule has 1 aromatic carbocycles. The minimum Gasteiger partial charge on any atom is -0.351 e. The lowest BCUT2D eigenvalue weighted by Gasteiger charge is -2.35. The zero-order chi connectivity index (χ0) is 19.9. The standard InChI is InChI=1S/C21H25N3O3S/c1-2-16-3-5-17(6-4-16)21(27)24-12-10-23(11-13-24)19(25)7-9-22-20(26)18-8-14-28-15-18/h3-6,8,14-15H,2,7,9-13H2,1H3,(H,22,26). The highest BCUT2D eigenvalue weighted by Gasteiger charge is 2.24. The van der Waals surface area contributed by atoms with Crippen molar-refractivity contribution in [1.29, 1.82) is 0 Å². The molecule has 1 aliphatic rings. The molecule has 3 amide bonds. The highest BCUT2D eigenvalue weighted by molar-refractivity contribution is 7.08. The van der Waals surface area contributed by atoms with Crippen molar-refractivity contribution in [2.75, 3.05) is 32.7 Å². The molecule has 148 valence electrons.